The van der Waals surface area contributed by atoms with Gasteiger partial charge in [-0.1, -0.05) is 63.3 Å². The van der Waals surface area contributed by atoms with E-state index in [2.05, 4.69) is 26.1 Å². The molecule has 3 aromatic carbocycles. The number of carbonyl (C=O) groups is 2. The number of esters is 1. The van der Waals surface area contributed by atoms with Gasteiger partial charge in [-0.2, -0.15) is 0 Å². The molecule has 0 spiro atoms. The summed E-state index contributed by atoms with van der Waals surface area (Å²) in [6.07, 6.45) is 7.03. The highest BCUT2D eigenvalue weighted by Gasteiger charge is 2.25. The minimum absolute atomic E-state index is 0. The van der Waals surface area contributed by atoms with Gasteiger partial charge in [-0.05, 0) is 68.8 Å². The molecule has 0 aliphatic carbocycles. The predicted molar refractivity (Wildman–Crippen MR) is 166 cm³/mol. The lowest BCUT2D eigenvalue weighted by molar-refractivity contribution is -0.937. The highest BCUT2D eigenvalue weighted by atomic mass is 79.9. The van der Waals surface area contributed by atoms with Crippen LogP contribution >= 0.6 is 0 Å². The Bertz CT molecular complexity index is 1260. The zero-order valence-corrected chi connectivity index (χ0v) is 27.3. The Morgan fingerprint density at radius 3 is 2.21 bits per heavy atom. The van der Waals surface area contributed by atoms with Gasteiger partial charge in [0.25, 0.3) is 5.91 Å². The van der Waals surface area contributed by atoms with Crippen LogP contribution < -0.4 is 27.0 Å². The number of benzene rings is 3. The van der Waals surface area contributed by atoms with E-state index in [-0.39, 0.29) is 35.3 Å². The Hall–Kier alpha value is -3.23. The summed E-state index contributed by atoms with van der Waals surface area (Å²) in [6.45, 7) is 10.2. The van der Waals surface area contributed by atoms with Gasteiger partial charge in [0.05, 0.1) is 30.8 Å². The number of para-hydroxylation sites is 1. The maximum Gasteiger partial charge on any atom is 0.338 e. The van der Waals surface area contributed by atoms with Crippen LogP contribution in [0.25, 0.3) is 0 Å². The Morgan fingerprint density at radius 1 is 0.814 bits per heavy atom. The molecule has 6 nitrogen and oxygen atoms in total. The topological polar surface area (TPSA) is 64.6 Å². The number of carbonyl (C=O) groups excluding carboxylic acids is 2. The molecule has 0 aromatic heterocycles. The van der Waals surface area contributed by atoms with Crippen LogP contribution in [0.15, 0.2) is 72.8 Å². The second kappa shape index (κ2) is 19.1. The molecule has 0 saturated heterocycles. The lowest BCUT2D eigenvalue weighted by Crippen LogP contribution is -3.00. The van der Waals surface area contributed by atoms with Crippen LogP contribution in [0.4, 0.5) is 10.1 Å². The van der Waals surface area contributed by atoms with E-state index in [9.17, 15) is 14.0 Å². The van der Waals surface area contributed by atoms with E-state index in [1.54, 1.807) is 42.5 Å². The minimum Gasteiger partial charge on any atom is -1.00 e. The monoisotopic (exact) mass is 656 g/mol. The van der Waals surface area contributed by atoms with Crippen molar-refractivity contribution in [2.24, 2.45) is 0 Å². The van der Waals surface area contributed by atoms with Gasteiger partial charge in [0.1, 0.15) is 31.3 Å². The van der Waals surface area contributed by atoms with E-state index < -0.39 is 5.97 Å². The highest BCUT2D eigenvalue weighted by molar-refractivity contribution is 6.06. The lowest BCUT2D eigenvalue weighted by Gasteiger charge is -2.36. The van der Waals surface area contributed by atoms with Crippen LogP contribution in [0.3, 0.4) is 0 Å². The Balaban J connectivity index is 0.00000645. The standard InChI is InChI=1S/C35H45FN2O4.BrH/c1-4-7-8-9-10-13-24-41-33-18-12-11-17-32(33)34(39)37-31-21-19-29(20-22-31)35(40)42-25-23-38(5-2,6-3)27-28-15-14-16-30(36)26-28;/h11-12,14-22,26H,4-10,13,23-25,27H2,1-3H3;1H. The van der Waals surface area contributed by atoms with Crippen molar-refractivity contribution in [3.63, 3.8) is 0 Å². The van der Waals surface area contributed by atoms with Crippen molar-refractivity contribution in [1.29, 1.82) is 0 Å². The van der Waals surface area contributed by atoms with Crippen LogP contribution in [0.2, 0.25) is 0 Å². The molecule has 234 valence electrons. The van der Waals surface area contributed by atoms with Crippen molar-refractivity contribution in [1.82, 2.24) is 0 Å². The number of unbranched alkanes of at least 4 members (excludes halogenated alkanes) is 5. The average molecular weight is 658 g/mol. The van der Waals surface area contributed by atoms with Crippen molar-refractivity contribution >= 4 is 17.6 Å². The van der Waals surface area contributed by atoms with Gasteiger partial charge in [-0.25, -0.2) is 9.18 Å². The first-order valence-corrected chi connectivity index (χ1v) is 15.3. The third kappa shape index (κ3) is 11.8. The Kier molecular flexibility index (Phi) is 16.0. The molecule has 0 aliphatic heterocycles. The van der Waals surface area contributed by atoms with Gasteiger partial charge in [0.2, 0.25) is 0 Å². The first-order chi connectivity index (χ1) is 20.4. The third-order valence-electron chi connectivity index (χ3n) is 7.81. The molecule has 0 radical (unpaired) electrons. The first-order valence-electron chi connectivity index (χ1n) is 15.3. The summed E-state index contributed by atoms with van der Waals surface area (Å²) in [7, 11) is 0. The number of rotatable bonds is 18. The second-order valence-corrected chi connectivity index (χ2v) is 10.8. The van der Waals surface area contributed by atoms with Gasteiger partial charge in [-0.15, -0.1) is 0 Å². The van der Waals surface area contributed by atoms with Crippen molar-refractivity contribution < 1.29 is 44.9 Å². The summed E-state index contributed by atoms with van der Waals surface area (Å²) in [5, 5.41) is 2.89. The molecule has 0 fully saturated rings. The molecule has 0 saturated carbocycles. The SMILES string of the molecule is CCCCCCCCOc1ccccc1C(=O)Nc1ccc(C(=O)OCC[N+](CC)(CC)Cc2cccc(F)c2)cc1.[Br-]. The summed E-state index contributed by atoms with van der Waals surface area (Å²) in [4.78, 5) is 25.7. The molecule has 3 rings (SSSR count). The fourth-order valence-electron chi connectivity index (χ4n) is 5.01. The number of nitrogens with zero attached hydrogens (tertiary/aromatic N) is 1. The van der Waals surface area contributed by atoms with Crippen molar-refractivity contribution in [3.05, 3.63) is 95.3 Å². The number of hydrogen-bond donors (Lipinski definition) is 1. The summed E-state index contributed by atoms with van der Waals surface area (Å²) in [5.41, 5.74) is 2.38. The van der Waals surface area contributed by atoms with Gasteiger partial charge < -0.3 is 36.3 Å². The summed E-state index contributed by atoms with van der Waals surface area (Å²) >= 11 is 0. The smallest absolute Gasteiger partial charge is 0.338 e. The number of ether oxygens (including phenoxy) is 2. The fraction of sp³-hybridized carbons (Fsp3) is 0.429. The average Bonchev–Trinajstić information content (AvgIpc) is 3.00. The largest absolute Gasteiger partial charge is 1.00 e. The number of likely N-dealkylation sites (N-methyl/N-ethyl adjacent to an activating group) is 1. The molecule has 0 unspecified atom stereocenters. The highest BCUT2D eigenvalue weighted by Crippen LogP contribution is 2.21. The molecular formula is C35H46BrFN2O4. The Morgan fingerprint density at radius 2 is 1.51 bits per heavy atom. The molecule has 0 heterocycles. The summed E-state index contributed by atoms with van der Waals surface area (Å²) in [5.74, 6) is -0.368. The number of hydrogen-bond acceptors (Lipinski definition) is 4. The van der Waals surface area contributed by atoms with Crippen LogP contribution in [0.1, 0.15) is 85.6 Å². The maximum atomic E-state index is 13.7. The van der Waals surface area contributed by atoms with Crippen molar-refractivity contribution in [3.8, 4) is 5.75 Å². The number of nitrogens with one attached hydrogen (secondary N) is 1. The normalized spacial score (nSPS) is 11.0. The molecule has 1 N–H and O–H groups in total. The minimum atomic E-state index is -0.419. The predicted octanol–water partition coefficient (Wildman–Crippen LogP) is 5.03. The molecule has 0 bridgehead atoms. The molecular weight excluding hydrogens is 611 g/mol. The van der Waals surface area contributed by atoms with Gasteiger partial charge in [0.15, 0.2) is 0 Å². The van der Waals surface area contributed by atoms with E-state index in [1.165, 1.54) is 31.7 Å². The summed E-state index contributed by atoms with van der Waals surface area (Å²) < 4.78 is 25.9. The van der Waals surface area contributed by atoms with Crippen LogP contribution in [0.5, 0.6) is 5.75 Å². The zero-order chi connectivity index (χ0) is 30.2. The molecule has 3 aromatic rings. The maximum absolute atomic E-state index is 13.7. The van der Waals surface area contributed by atoms with Crippen LogP contribution in [-0.4, -0.2) is 49.2 Å². The van der Waals surface area contributed by atoms with E-state index in [0.717, 1.165) is 31.5 Å². The second-order valence-electron chi connectivity index (χ2n) is 10.8. The first kappa shape index (κ1) is 36.0. The Labute approximate surface area is 266 Å². The number of amides is 1. The van der Waals surface area contributed by atoms with E-state index in [4.69, 9.17) is 9.47 Å². The van der Waals surface area contributed by atoms with E-state index >= 15 is 0 Å². The molecule has 0 atom stereocenters. The van der Waals surface area contributed by atoms with Crippen molar-refractivity contribution in [2.45, 2.75) is 65.8 Å². The van der Waals surface area contributed by atoms with Gasteiger partial charge >= 0.3 is 5.97 Å². The fourth-order valence-corrected chi connectivity index (χ4v) is 5.01. The van der Waals surface area contributed by atoms with E-state index in [0.29, 0.717) is 46.7 Å². The number of quaternary nitrogens is 1. The molecule has 8 heteroatoms. The molecule has 43 heavy (non-hydrogen) atoms. The van der Waals surface area contributed by atoms with Gasteiger partial charge in [-0.3, -0.25) is 4.79 Å². The third-order valence-corrected chi connectivity index (χ3v) is 7.81. The van der Waals surface area contributed by atoms with Gasteiger partial charge in [0, 0.05) is 11.3 Å². The lowest BCUT2D eigenvalue weighted by atomic mass is 10.1. The summed E-state index contributed by atoms with van der Waals surface area (Å²) in [6, 6.07) is 20.6. The van der Waals surface area contributed by atoms with Crippen molar-refractivity contribution in [2.75, 3.05) is 38.2 Å². The van der Waals surface area contributed by atoms with E-state index in [1.807, 2.05) is 24.3 Å². The molecule has 1 amide bonds. The number of anilines is 1. The van der Waals surface area contributed by atoms with Crippen LogP contribution in [-0.2, 0) is 11.3 Å². The zero-order valence-electron chi connectivity index (χ0n) is 25.7. The van der Waals surface area contributed by atoms with Crippen LogP contribution in [0, 0.1) is 5.82 Å². The molecule has 0 aliphatic rings. The quantitative estimate of drug-likeness (QED) is 0.118. The number of halogens is 2.